The first-order valence-corrected chi connectivity index (χ1v) is 7.89. The van der Waals surface area contributed by atoms with Crippen molar-refractivity contribution in [2.24, 2.45) is 0 Å². The standard InChI is InChI=1S/C20H17NO4/c1-2-7-18(19(22)23)21-20(24)25-12-17-15-10-5-3-8-13(15)14-9-4-6-11-16(14)17/h1,3-6,8-11,17-18H,7,12H2,(H,21,24)(H,22,23)/t18-/m1/s1. The molecule has 0 saturated carbocycles. The molecule has 0 saturated heterocycles. The summed E-state index contributed by atoms with van der Waals surface area (Å²) in [5.74, 6) is 0.963. The second kappa shape index (κ2) is 7.10. The van der Waals surface area contributed by atoms with Crippen LogP contribution in [0, 0.1) is 12.3 Å². The largest absolute Gasteiger partial charge is 0.480 e. The molecule has 1 aliphatic rings. The van der Waals surface area contributed by atoms with E-state index in [4.69, 9.17) is 16.3 Å². The SMILES string of the molecule is C#CC[C@@H](NC(=O)OCC1c2ccccc2-c2ccccc21)C(=O)O. The Bertz CT molecular complexity index is 807. The molecule has 0 heterocycles. The Hall–Kier alpha value is -3.26. The lowest BCUT2D eigenvalue weighted by atomic mass is 9.98. The van der Waals surface area contributed by atoms with E-state index in [-0.39, 0.29) is 18.9 Å². The molecule has 1 aliphatic carbocycles. The molecule has 126 valence electrons. The smallest absolute Gasteiger partial charge is 0.407 e. The number of carbonyl (C=O) groups excluding carboxylic acids is 1. The molecule has 0 aliphatic heterocycles. The van der Waals surface area contributed by atoms with Crippen LogP contribution in [0.5, 0.6) is 0 Å². The number of carbonyl (C=O) groups is 2. The van der Waals surface area contributed by atoms with Crippen molar-refractivity contribution in [1.29, 1.82) is 0 Å². The van der Waals surface area contributed by atoms with Gasteiger partial charge in [-0.15, -0.1) is 12.3 Å². The van der Waals surface area contributed by atoms with E-state index in [2.05, 4.69) is 11.2 Å². The Morgan fingerprint density at radius 2 is 1.68 bits per heavy atom. The van der Waals surface area contributed by atoms with Gasteiger partial charge in [-0.2, -0.15) is 0 Å². The number of hydrogen-bond acceptors (Lipinski definition) is 3. The summed E-state index contributed by atoms with van der Waals surface area (Å²) in [4.78, 5) is 23.0. The number of nitrogens with one attached hydrogen (secondary N) is 1. The molecule has 1 amide bonds. The zero-order chi connectivity index (χ0) is 17.8. The second-order valence-corrected chi connectivity index (χ2v) is 5.77. The quantitative estimate of drug-likeness (QED) is 0.824. The molecular weight excluding hydrogens is 318 g/mol. The van der Waals surface area contributed by atoms with E-state index in [0.717, 1.165) is 22.3 Å². The number of terminal acetylenes is 1. The highest BCUT2D eigenvalue weighted by Gasteiger charge is 2.29. The van der Waals surface area contributed by atoms with Crippen molar-refractivity contribution in [2.75, 3.05) is 6.61 Å². The van der Waals surface area contributed by atoms with Gasteiger partial charge in [0.2, 0.25) is 0 Å². The van der Waals surface area contributed by atoms with Crippen LogP contribution in [0.25, 0.3) is 11.1 Å². The predicted octanol–water partition coefficient (Wildman–Crippen LogP) is 3.00. The van der Waals surface area contributed by atoms with Crippen LogP contribution >= 0.6 is 0 Å². The first kappa shape index (κ1) is 16.6. The topological polar surface area (TPSA) is 75.6 Å². The van der Waals surface area contributed by atoms with Gasteiger partial charge >= 0.3 is 12.1 Å². The lowest BCUT2D eigenvalue weighted by Crippen LogP contribution is -2.41. The normalized spacial score (nSPS) is 13.2. The monoisotopic (exact) mass is 335 g/mol. The minimum Gasteiger partial charge on any atom is -0.480 e. The van der Waals surface area contributed by atoms with Gasteiger partial charge in [0.05, 0.1) is 0 Å². The van der Waals surface area contributed by atoms with Crippen molar-refractivity contribution in [1.82, 2.24) is 5.32 Å². The van der Waals surface area contributed by atoms with Gasteiger partial charge in [-0.05, 0) is 22.3 Å². The molecular formula is C20H17NO4. The Morgan fingerprint density at radius 1 is 1.12 bits per heavy atom. The van der Waals surface area contributed by atoms with Gasteiger partial charge in [-0.25, -0.2) is 9.59 Å². The molecule has 0 spiro atoms. The van der Waals surface area contributed by atoms with Crippen LogP contribution in [0.1, 0.15) is 23.5 Å². The maximum atomic E-state index is 11.9. The summed E-state index contributed by atoms with van der Waals surface area (Å²) in [5, 5.41) is 11.3. The highest BCUT2D eigenvalue weighted by Crippen LogP contribution is 2.44. The molecule has 0 unspecified atom stereocenters. The van der Waals surface area contributed by atoms with Crippen LogP contribution in [-0.2, 0) is 9.53 Å². The van der Waals surface area contributed by atoms with E-state index in [1.807, 2.05) is 48.5 Å². The molecule has 2 N–H and O–H groups in total. The fourth-order valence-corrected chi connectivity index (χ4v) is 3.10. The molecule has 5 heteroatoms. The molecule has 5 nitrogen and oxygen atoms in total. The third-order valence-electron chi connectivity index (χ3n) is 4.26. The molecule has 0 aromatic heterocycles. The van der Waals surface area contributed by atoms with Crippen LogP contribution in [0.15, 0.2) is 48.5 Å². The average Bonchev–Trinajstić information content (AvgIpc) is 2.93. The van der Waals surface area contributed by atoms with Gasteiger partial charge in [-0.1, -0.05) is 48.5 Å². The summed E-state index contributed by atoms with van der Waals surface area (Å²) in [7, 11) is 0. The van der Waals surface area contributed by atoms with Gasteiger partial charge in [-0.3, -0.25) is 0 Å². The molecule has 0 fully saturated rings. The van der Waals surface area contributed by atoms with Crippen molar-refractivity contribution >= 4 is 12.1 Å². The maximum Gasteiger partial charge on any atom is 0.407 e. The summed E-state index contributed by atoms with van der Waals surface area (Å²) in [6.07, 6.45) is 4.23. The van der Waals surface area contributed by atoms with Gasteiger partial charge in [0, 0.05) is 12.3 Å². The Balaban J connectivity index is 1.72. The van der Waals surface area contributed by atoms with Crippen molar-refractivity contribution in [3.8, 4) is 23.5 Å². The van der Waals surface area contributed by atoms with Crippen molar-refractivity contribution in [3.05, 3.63) is 59.7 Å². The number of rotatable bonds is 5. The third kappa shape index (κ3) is 3.33. The van der Waals surface area contributed by atoms with E-state index in [1.54, 1.807) is 0 Å². The van der Waals surface area contributed by atoms with E-state index in [0.29, 0.717) is 0 Å². The number of amides is 1. The zero-order valence-corrected chi connectivity index (χ0v) is 13.4. The lowest BCUT2D eigenvalue weighted by molar-refractivity contribution is -0.139. The fraction of sp³-hybridized carbons (Fsp3) is 0.200. The Labute approximate surface area is 145 Å². The van der Waals surface area contributed by atoms with Crippen molar-refractivity contribution < 1.29 is 19.4 Å². The van der Waals surface area contributed by atoms with Crippen LogP contribution in [-0.4, -0.2) is 29.8 Å². The summed E-state index contributed by atoms with van der Waals surface area (Å²) >= 11 is 0. The number of ether oxygens (including phenoxy) is 1. The molecule has 0 radical (unpaired) electrons. The minimum atomic E-state index is -1.19. The summed E-state index contributed by atoms with van der Waals surface area (Å²) in [6.45, 7) is 0.127. The third-order valence-corrected chi connectivity index (χ3v) is 4.26. The van der Waals surface area contributed by atoms with Gasteiger partial charge in [0.25, 0.3) is 0 Å². The minimum absolute atomic E-state index is 0.0749. The number of carboxylic acid groups (broad SMARTS) is 1. The number of benzene rings is 2. The van der Waals surface area contributed by atoms with Crippen LogP contribution in [0.3, 0.4) is 0 Å². The van der Waals surface area contributed by atoms with E-state index < -0.39 is 18.1 Å². The Kier molecular flexibility index (Phi) is 4.71. The summed E-state index contributed by atoms with van der Waals surface area (Å²) in [5.41, 5.74) is 4.44. The molecule has 0 bridgehead atoms. The number of hydrogen-bond donors (Lipinski definition) is 2. The molecule has 3 rings (SSSR count). The number of aliphatic carboxylic acids is 1. The average molecular weight is 335 g/mol. The fourth-order valence-electron chi connectivity index (χ4n) is 3.10. The summed E-state index contributed by atoms with van der Waals surface area (Å²) in [6, 6.07) is 14.8. The zero-order valence-electron chi connectivity index (χ0n) is 13.4. The molecule has 1 atom stereocenters. The van der Waals surface area contributed by atoms with E-state index in [9.17, 15) is 9.59 Å². The number of fused-ring (bicyclic) bond motifs is 3. The van der Waals surface area contributed by atoms with Crippen molar-refractivity contribution in [2.45, 2.75) is 18.4 Å². The summed E-state index contributed by atoms with van der Waals surface area (Å²) < 4.78 is 5.28. The van der Waals surface area contributed by atoms with Crippen LogP contribution in [0.2, 0.25) is 0 Å². The van der Waals surface area contributed by atoms with E-state index in [1.165, 1.54) is 0 Å². The van der Waals surface area contributed by atoms with E-state index >= 15 is 0 Å². The highest BCUT2D eigenvalue weighted by atomic mass is 16.5. The number of alkyl carbamates (subject to hydrolysis) is 1. The highest BCUT2D eigenvalue weighted by molar-refractivity contribution is 5.81. The van der Waals surface area contributed by atoms with Crippen LogP contribution in [0.4, 0.5) is 4.79 Å². The Morgan fingerprint density at radius 3 is 2.20 bits per heavy atom. The first-order chi connectivity index (χ1) is 12.1. The second-order valence-electron chi connectivity index (χ2n) is 5.77. The van der Waals surface area contributed by atoms with Crippen LogP contribution < -0.4 is 5.32 Å². The number of carboxylic acids is 1. The molecule has 2 aromatic rings. The predicted molar refractivity (Wildman–Crippen MR) is 93.1 cm³/mol. The van der Waals surface area contributed by atoms with Gasteiger partial charge in [0.1, 0.15) is 12.6 Å². The van der Waals surface area contributed by atoms with Crippen molar-refractivity contribution in [3.63, 3.8) is 0 Å². The van der Waals surface area contributed by atoms with Gasteiger partial charge in [0.15, 0.2) is 0 Å². The molecule has 2 aromatic carbocycles. The lowest BCUT2D eigenvalue weighted by Gasteiger charge is -2.16. The first-order valence-electron chi connectivity index (χ1n) is 7.89. The maximum absolute atomic E-state index is 11.9. The van der Waals surface area contributed by atoms with Gasteiger partial charge < -0.3 is 15.2 Å². The molecule has 25 heavy (non-hydrogen) atoms.